The van der Waals surface area contributed by atoms with E-state index in [0.717, 1.165) is 27.3 Å². The summed E-state index contributed by atoms with van der Waals surface area (Å²) in [6.07, 6.45) is 1.35. The number of methoxy groups -OCH3 is 1. The Kier molecular flexibility index (Phi) is 10.7. The van der Waals surface area contributed by atoms with Gasteiger partial charge in [0.15, 0.2) is 0 Å². The van der Waals surface area contributed by atoms with Gasteiger partial charge in [-0.25, -0.2) is 8.42 Å². The van der Waals surface area contributed by atoms with Gasteiger partial charge in [0.05, 0.1) is 19.1 Å². The Bertz CT molecular complexity index is 1390. The standard InChI is InChI=1S/C31H39N3O5S/c1-23(2)20-32-31(36)29(19-25-13-7-6-8-14-25)33(21-26-15-11-16-27(18-26)39-4)30(35)22-34(40(5,37)38)28-17-10-9-12-24(28)3/h6-18,23,29H,19-22H2,1-5H3,(H,32,36)/t29-/m0/s1. The van der Waals surface area contributed by atoms with E-state index in [4.69, 9.17) is 4.74 Å². The Morgan fingerprint density at radius 3 is 2.20 bits per heavy atom. The Morgan fingerprint density at radius 2 is 1.57 bits per heavy atom. The molecule has 1 atom stereocenters. The number of hydrogen-bond acceptors (Lipinski definition) is 5. The molecule has 2 amide bonds. The molecule has 0 unspecified atom stereocenters. The number of rotatable bonds is 13. The van der Waals surface area contributed by atoms with Crippen LogP contribution in [0.3, 0.4) is 0 Å². The normalized spacial score (nSPS) is 12.1. The molecular formula is C31H39N3O5S. The van der Waals surface area contributed by atoms with E-state index in [2.05, 4.69) is 5.32 Å². The molecular weight excluding hydrogens is 526 g/mol. The average molecular weight is 566 g/mol. The van der Waals surface area contributed by atoms with Crippen molar-refractivity contribution in [3.8, 4) is 5.75 Å². The Morgan fingerprint density at radius 1 is 0.925 bits per heavy atom. The average Bonchev–Trinajstić information content (AvgIpc) is 2.92. The highest BCUT2D eigenvalue weighted by Gasteiger charge is 2.33. The highest BCUT2D eigenvalue weighted by Crippen LogP contribution is 2.24. The van der Waals surface area contributed by atoms with Crippen LogP contribution in [0.15, 0.2) is 78.9 Å². The van der Waals surface area contributed by atoms with E-state index in [1.165, 1.54) is 4.90 Å². The SMILES string of the molecule is COc1cccc(CN(C(=O)CN(c2ccccc2C)S(C)(=O)=O)[C@@H](Cc2ccccc2)C(=O)NCC(C)C)c1. The molecule has 0 radical (unpaired) electrons. The van der Waals surface area contributed by atoms with Crippen molar-refractivity contribution in [2.45, 2.75) is 39.8 Å². The Labute approximate surface area is 238 Å². The number of carbonyl (C=O) groups excluding carboxylic acids is 2. The predicted octanol–water partition coefficient (Wildman–Crippen LogP) is 4.18. The van der Waals surface area contributed by atoms with E-state index in [-0.39, 0.29) is 24.8 Å². The van der Waals surface area contributed by atoms with Gasteiger partial charge in [0.1, 0.15) is 18.3 Å². The largest absolute Gasteiger partial charge is 0.497 e. The summed E-state index contributed by atoms with van der Waals surface area (Å²) in [7, 11) is -2.25. The van der Waals surface area contributed by atoms with E-state index >= 15 is 0 Å². The zero-order valence-corrected chi connectivity index (χ0v) is 24.6. The van der Waals surface area contributed by atoms with Crippen LogP contribution < -0.4 is 14.4 Å². The maximum Gasteiger partial charge on any atom is 0.244 e. The summed E-state index contributed by atoms with van der Waals surface area (Å²) < 4.78 is 32.3. The van der Waals surface area contributed by atoms with Crippen LogP contribution in [-0.2, 0) is 32.6 Å². The van der Waals surface area contributed by atoms with Crippen LogP contribution in [0.1, 0.15) is 30.5 Å². The number of carbonyl (C=O) groups is 2. The molecule has 214 valence electrons. The van der Waals surface area contributed by atoms with Gasteiger partial charge in [-0.3, -0.25) is 13.9 Å². The van der Waals surface area contributed by atoms with Crippen molar-refractivity contribution in [3.63, 3.8) is 0 Å². The molecule has 0 aromatic heterocycles. The molecule has 0 aliphatic rings. The molecule has 0 aliphatic carbocycles. The molecule has 0 fully saturated rings. The summed E-state index contributed by atoms with van der Waals surface area (Å²) in [4.78, 5) is 29.3. The fourth-order valence-corrected chi connectivity index (χ4v) is 5.29. The monoisotopic (exact) mass is 565 g/mol. The molecule has 3 rings (SSSR count). The van der Waals surface area contributed by atoms with Crippen molar-refractivity contribution in [1.29, 1.82) is 0 Å². The first-order chi connectivity index (χ1) is 19.0. The number of hydrogen-bond donors (Lipinski definition) is 1. The molecule has 0 aliphatic heterocycles. The summed E-state index contributed by atoms with van der Waals surface area (Å²) in [6, 6.07) is 22.9. The number of para-hydroxylation sites is 1. The summed E-state index contributed by atoms with van der Waals surface area (Å²) >= 11 is 0. The van der Waals surface area contributed by atoms with E-state index in [9.17, 15) is 18.0 Å². The number of nitrogens with zero attached hydrogens (tertiary/aromatic N) is 2. The minimum atomic E-state index is -3.81. The quantitative estimate of drug-likeness (QED) is 0.336. The van der Waals surface area contributed by atoms with Gasteiger partial charge in [0.25, 0.3) is 0 Å². The molecule has 0 bridgehead atoms. The van der Waals surface area contributed by atoms with E-state index < -0.39 is 28.5 Å². The Hall–Kier alpha value is -3.85. The summed E-state index contributed by atoms with van der Waals surface area (Å²) in [5.74, 6) is 0.0461. The fraction of sp³-hybridized carbons (Fsp3) is 0.355. The molecule has 0 saturated heterocycles. The molecule has 3 aromatic carbocycles. The van der Waals surface area contributed by atoms with Crippen molar-refractivity contribution >= 4 is 27.5 Å². The van der Waals surface area contributed by atoms with Crippen LogP contribution in [0, 0.1) is 12.8 Å². The molecule has 3 aromatic rings. The van der Waals surface area contributed by atoms with Crippen molar-refractivity contribution < 1.29 is 22.7 Å². The molecule has 0 saturated carbocycles. The van der Waals surface area contributed by atoms with Crippen molar-refractivity contribution in [1.82, 2.24) is 10.2 Å². The van der Waals surface area contributed by atoms with Gasteiger partial charge < -0.3 is 15.0 Å². The van der Waals surface area contributed by atoms with Crippen LogP contribution in [0.25, 0.3) is 0 Å². The van der Waals surface area contributed by atoms with Gasteiger partial charge in [0, 0.05) is 19.5 Å². The van der Waals surface area contributed by atoms with Gasteiger partial charge in [-0.15, -0.1) is 0 Å². The zero-order chi connectivity index (χ0) is 29.3. The van der Waals surface area contributed by atoms with Crippen molar-refractivity contribution in [3.05, 3.63) is 95.6 Å². The van der Waals surface area contributed by atoms with Crippen LogP contribution in [0.4, 0.5) is 5.69 Å². The minimum Gasteiger partial charge on any atom is -0.497 e. The summed E-state index contributed by atoms with van der Waals surface area (Å²) in [6.45, 7) is 5.88. The first-order valence-corrected chi connectivity index (χ1v) is 15.1. The summed E-state index contributed by atoms with van der Waals surface area (Å²) in [5.41, 5.74) is 2.78. The number of benzene rings is 3. The van der Waals surface area contributed by atoms with Gasteiger partial charge in [-0.2, -0.15) is 0 Å². The molecule has 40 heavy (non-hydrogen) atoms. The maximum absolute atomic E-state index is 14.1. The van der Waals surface area contributed by atoms with Gasteiger partial charge in [-0.05, 0) is 47.7 Å². The van der Waals surface area contributed by atoms with Crippen molar-refractivity contribution in [2.24, 2.45) is 5.92 Å². The minimum absolute atomic E-state index is 0.0913. The van der Waals surface area contributed by atoms with Crippen LogP contribution >= 0.6 is 0 Å². The fourth-order valence-electron chi connectivity index (χ4n) is 4.38. The third-order valence-electron chi connectivity index (χ3n) is 6.51. The first-order valence-electron chi connectivity index (χ1n) is 13.3. The highest BCUT2D eigenvalue weighted by atomic mass is 32.2. The number of anilines is 1. The van der Waals surface area contributed by atoms with Crippen LogP contribution in [-0.4, -0.2) is 57.6 Å². The van der Waals surface area contributed by atoms with Crippen LogP contribution in [0.2, 0.25) is 0 Å². The van der Waals surface area contributed by atoms with Crippen LogP contribution in [0.5, 0.6) is 5.75 Å². The third kappa shape index (κ3) is 8.58. The number of aryl methyl sites for hydroxylation is 1. The topological polar surface area (TPSA) is 96.0 Å². The van der Waals surface area contributed by atoms with Gasteiger partial charge >= 0.3 is 0 Å². The van der Waals surface area contributed by atoms with Gasteiger partial charge in [-0.1, -0.05) is 74.5 Å². The first kappa shape index (κ1) is 30.7. The van der Waals surface area contributed by atoms with E-state index in [0.29, 0.717) is 18.0 Å². The number of nitrogens with one attached hydrogen (secondary N) is 1. The van der Waals surface area contributed by atoms with Crippen molar-refractivity contribution in [2.75, 3.05) is 30.8 Å². The number of sulfonamides is 1. The maximum atomic E-state index is 14.1. The lowest BCUT2D eigenvalue weighted by molar-refractivity contribution is -0.140. The Balaban J connectivity index is 2.07. The number of amides is 2. The second-order valence-electron chi connectivity index (χ2n) is 10.3. The molecule has 9 heteroatoms. The molecule has 1 N–H and O–H groups in total. The van der Waals surface area contributed by atoms with Gasteiger partial charge in [0.2, 0.25) is 21.8 Å². The zero-order valence-electron chi connectivity index (χ0n) is 23.8. The lowest BCUT2D eigenvalue weighted by Gasteiger charge is -2.34. The second-order valence-corrected chi connectivity index (χ2v) is 12.2. The summed E-state index contributed by atoms with van der Waals surface area (Å²) in [5, 5.41) is 2.98. The smallest absolute Gasteiger partial charge is 0.244 e. The third-order valence-corrected chi connectivity index (χ3v) is 7.63. The lowest BCUT2D eigenvalue weighted by Crippen LogP contribution is -2.53. The molecule has 0 heterocycles. The molecule has 8 nitrogen and oxygen atoms in total. The predicted molar refractivity (Wildman–Crippen MR) is 159 cm³/mol. The van der Waals surface area contributed by atoms with E-state index in [1.54, 1.807) is 38.3 Å². The number of ether oxygens (including phenoxy) is 1. The highest BCUT2D eigenvalue weighted by molar-refractivity contribution is 7.92. The molecule has 0 spiro atoms. The lowest BCUT2D eigenvalue weighted by atomic mass is 10.0. The second kappa shape index (κ2) is 14.0. The van der Waals surface area contributed by atoms with E-state index in [1.807, 2.05) is 68.4 Å².